The molecule has 0 saturated carbocycles. The number of anilines is 1. The van der Waals surface area contributed by atoms with Crippen LogP contribution in [0.4, 0.5) is 14.5 Å². The molecule has 0 spiro atoms. The molecule has 1 aromatic carbocycles. The third-order valence-electron chi connectivity index (χ3n) is 2.43. The number of hydrogen-bond donors (Lipinski definition) is 3. The SMILES string of the molecule is CCC(CO)NC(=O)C(=O)Nc1ccc(F)c(F)c1. The van der Waals surface area contributed by atoms with Crippen LogP contribution in [0.15, 0.2) is 18.2 Å². The van der Waals surface area contributed by atoms with Crippen LogP contribution in [0.2, 0.25) is 0 Å². The van der Waals surface area contributed by atoms with Crippen molar-refractivity contribution < 1.29 is 23.5 Å². The molecule has 0 saturated heterocycles. The maximum absolute atomic E-state index is 12.9. The van der Waals surface area contributed by atoms with Gasteiger partial charge in [-0.15, -0.1) is 0 Å². The van der Waals surface area contributed by atoms with E-state index in [0.717, 1.165) is 18.2 Å². The highest BCUT2D eigenvalue weighted by atomic mass is 19.2. The number of halogens is 2. The molecule has 1 unspecified atom stereocenters. The number of benzene rings is 1. The molecule has 0 fully saturated rings. The van der Waals surface area contributed by atoms with E-state index in [1.54, 1.807) is 6.92 Å². The fourth-order valence-electron chi connectivity index (χ4n) is 1.29. The zero-order valence-corrected chi connectivity index (χ0v) is 10.2. The summed E-state index contributed by atoms with van der Waals surface area (Å²) in [6, 6.07) is 2.21. The first-order chi connectivity index (χ1) is 8.97. The molecule has 1 rings (SSSR count). The van der Waals surface area contributed by atoms with Gasteiger partial charge in [-0.1, -0.05) is 6.92 Å². The van der Waals surface area contributed by atoms with Gasteiger partial charge in [0.1, 0.15) is 0 Å². The lowest BCUT2D eigenvalue weighted by Gasteiger charge is -2.13. The lowest BCUT2D eigenvalue weighted by atomic mass is 10.2. The van der Waals surface area contributed by atoms with Crippen LogP contribution < -0.4 is 10.6 Å². The van der Waals surface area contributed by atoms with Gasteiger partial charge in [0, 0.05) is 11.8 Å². The average molecular weight is 272 g/mol. The Bertz CT molecular complexity index is 476. The number of aliphatic hydroxyl groups excluding tert-OH is 1. The van der Waals surface area contributed by atoms with Crippen molar-refractivity contribution in [2.24, 2.45) is 0 Å². The summed E-state index contributed by atoms with van der Waals surface area (Å²) in [7, 11) is 0. The van der Waals surface area contributed by atoms with E-state index in [1.807, 2.05) is 0 Å². The topological polar surface area (TPSA) is 78.4 Å². The largest absolute Gasteiger partial charge is 0.394 e. The van der Waals surface area contributed by atoms with Gasteiger partial charge in [-0.3, -0.25) is 9.59 Å². The summed E-state index contributed by atoms with van der Waals surface area (Å²) >= 11 is 0. The number of rotatable bonds is 4. The molecule has 3 N–H and O–H groups in total. The summed E-state index contributed by atoms with van der Waals surface area (Å²) in [4.78, 5) is 22.9. The minimum atomic E-state index is -1.12. The summed E-state index contributed by atoms with van der Waals surface area (Å²) in [5, 5.41) is 13.3. The summed E-state index contributed by atoms with van der Waals surface area (Å²) in [6.07, 6.45) is 0.459. The van der Waals surface area contributed by atoms with Crippen LogP contribution in [-0.4, -0.2) is 29.6 Å². The van der Waals surface area contributed by atoms with E-state index >= 15 is 0 Å². The van der Waals surface area contributed by atoms with Gasteiger partial charge in [0.2, 0.25) is 0 Å². The molecule has 2 amide bonds. The number of nitrogens with one attached hydrogen (secondary N) is 2. The normalized spacial score (nSPS) is 11.8. The third kappa shape index (κ3) is 4.29. The molecule has 0 bridgehead atoms. The lowest BCUT2D eigenvalue weighted by Crippen LogP contribution is -2.43. The van der Waals surface area contributed by atoms with E-state index in [9.17, 15) is 18.4 Å². The van der Waals surface area contributed by atoms with E-state index in [0.29, 0.717) is 6.42 Å². The van der Waals surface area contributed by atoms with E-state index in [1.165, 1.54) is 0 Å². The molecule has 0 aliphatic heterocycles. The van der Waals surface area contributed by atoms with E-state index in [2.05, 4.69) is 10.6 Å². The molecule has 104 valence electrons. The zero-order valence-electron chi connectivity index (χ0n) is 10.2. The molecule has 19 heavy (non-hydrogen) atoms. The first-order valence-electron chi connectivity index (χ1n) is 5.65. The van der Waals surface area contributed by atoms with Crippen LogP contribution in [0.5, 0.6) is 0 Å². The Morgan fingerprint density at radius 3 is 2.47 bits per heavy atom. The number of carbonyl (C=O) groups excluding carboxylic acids is 2. The summed E-state index contributed by atoms with van der Waals surface area (Å²) in [5.74, 6) is -4.14. The van der Waals surface area contributed by atoms with Crippen LogP contribution in [0, 0.1) is 11.6 Å². The van der Waals surface area contributed by atoms with Crippen molar-refractivity contribution in [3.8, 4) is 0 Å². The molecule has 0 aromatic heterocycles. The van der Waals surface area contributed by atoms with Crippen molar-refractivity contribution in [1.29, 1.82) is 0 Å². The molecule has 5 nitrogen and oxygen atoms in total. The second-order valence-corrected chi connectivity index (χ2v) is 3.84. The Labute approximate surface area is 108 Å². The van der Waals surface area contributed by atoms with Gasteiger partial charge in [0.25, 0.3) is 0 Å². The van der Waals surface area contributed by atoms with Gasteiger partial charge < -0.3 is 15.7 Å². The second-order valence-electron chi connectivity index (χ2n) is 3.84. The Hall–Kier alpha value is -2.02. The van der Waals surface area contributed by atoms with Crippen molar-refractivity contribution in [1.82, 2.24) is 5.32 Å². The van der Waals surface area contributed by atoms with Crippen molar-refractivity contribution in [3.05, 3.63) is 29.8 Å². The summed E-state index contributed by atoms with van der Waals surface area (Å²) < 4.78 is 25.6. The maximum atomic E-state index is 12.9. The lowest BCUT2D eigenvalue weighted by molar-refractivity contribution is -0.136. The molecule has 0 radical (unpaired) electrons. The monoisotopic (exact) mass is 272 g/mol. The van der Waals surface area contributed by atoms with Crippen molar-refractivity contribution >= 4 is 17.5 Å². The Balaban J connectivity index is 2.63. The molecule has 0 heterocycles. The Morgan fingerprint density at radius 2 is 1.95 bits per heavy atom. The van der Waals surface area contributed by atoms with Crippen LogP contribution in [0.25, 0.3) is 0 Å². The van der Waals surface area contributed by atoms with Gasteiger partial charge in [-0.2, -0.15) is 0 Å². The van der Waals surface area contributed by atoms with Crippen LogP contribution in [0.1, 0.15) is 13.3 Å². The van der Waals surface area contributed by atoms with Gasteiger partial charge in [-0.25, -0.2) is 8.78 Å². The predicted octanol–water partition coefficient (Wildman–Crippen LogP) is 0.790. The van der Waals surface area contributed by atoms with E-state index in [4.69, 9.17) is 5.11 Å². The molecule has 1 atom stereocenters. The minimum absolute atomic E-state index is 0.0314. The minimum Gasteiger partial charge on any atom is -0.394 e. The predicted molar refractivity (Wildman–Crippen MR) is 64.3 cm³/mol. The Morgan fingerprint density at radius 1 is 1.26 bits per heavy atom. The average Bonchev–Trinajstić information content (AvgIpc) is 2.39. The molecule has 0 aliphatic rings. The number of amides is 2. The van der Waals surface area contributed by atoms with E-state index in [-0.39, 0.29) is 12.3 Å². The highest BCUT2D eigenvalue weighted by Gasteiger charge is 2.17. The molecule has 7 heteroatoms. The van der Waals surface area contributed by atoms with Gasteiger partial charge in [0.05, 0.1) is 12.6 Å². The fourth-order valence-corrected chi connectivity index (χ4v) is 1.29. The number of aliphatic hydroxyl groups is 1. The number of carbonyl (C=O) groups is 2. The van der Waals surface area contributed by atoms with Crippen LogP contribution in [-0.2, 0) is 9.59 Å². The zero-order chi connectivity index (χ0) is 14.4. The van der Waals surface area contributed by atoms with Gasteiger partial charge in [0.15, 0.2) is 11.6 Å². The third-order valence-corrected chi connectivity index (χ3v) is 2.43. The Kier molecular flexibility index (Phi) is 5.37. The molecule has 1 aromatic rings. The van der Waals surface area contributed by atoms with Crippen LogP contribution >= 0.6 is 0 Å². The second kappa shape index (κ2) is 6.79. The van der Waals surface area contributed by atoms with E-state index < -0.39 is 29.5 Å². The molecular weight excluding hydrogens is 258 g/mol. The summed E-state index contributed by atoms with van der Waals surface area (Å²) in [6.45, 7) is 1.44. The quantitative estimate of drug-likeness (QED) is 0.709. The first-order valence-corrected chi connectivity index (χ1v) is 5.65. The smallest absolute Gasteiger partial charge is 0.313 e. The first kappa shape index (κ1) is 15.0. The highest BCUT2D eigenvalue weighted by Crippen LogP contribution is 2.12. The van der Waals surface area contributed by atoms with Gasteiger partial charge in [-0.05, 0) is 18.6 Å². The summed E-state index contributed by atoms with van der Waals surface area (Å²) in [5.41, 5.74) is -0.0314. The maximum Gasteiger partial charge on any atom is 0.313 e. The molecule has 0 aliphatic carbocycles. The van der Waals surface area contributed by atoms with Gasteiger partial charge >= 0.3 is 11.8 Å². The highest BCUT2D eigenvalue weighted by molar-refractivity contribution is 6.39. The molecular formula is C12H14F2N2O3. The number of hydrogen-bond acceptors (Lipinski definition) is 3. The van der Waals surface area contributed by atoms with Crippen molar-refractivity contribution in [2.45, 2.75) is 19.4 Å². The van der Waals surface area contributed by atoms with Crippen molar-refractivity contribution in [2.75, 3.05) is 11.9 Å². The fraction of sp³-hybridized carbons (Fsp3) is 0.333. The van der Waals surface area contributed by atoms with Crippen LogP contribution in [0.3, 0.4) is 0 Å². The standard InChI is InChI=1S/C12H14F2N2O3/c1-2-7(6-17)15-11(18)12(19)16-8-3-4-9(13)10(14)5-8/h3-5,7,17H,2,6H2,1H3,(H,15,18)(H,16,19). The van der Waals surface area contributed by atoms with Crippen molar-refractivity contribution in [3.63, 3.8) is 0 Å².